The highest BCUT2D eigenvalue weighted by Gasteiger charge is 2.20. The third-order valence-electron chi connectivity index (χ3n) is 4.58. The molecule has 0 aliphatic carbocycles. The van der Waals surface area contributed by atoms with Crippen molar-refractivity contribution >= 4 is 21.6 Å². The summed E-state index contributed by atoms with van der Waals surface area (Å²) in [4.78, 5) is 12.3. The van der Waals surface area contributed by atoms with E-state index in [-0.39, 0.29) is 12.5 Å². The fourth-order valence-corrected chi connectivity index (χ4v) is 3.86. The molecule has 0 unspecified atom stereocenters. The molecule has 0 saturated heterocycles. The molecule has 0 spiro atoms. The maximum absolute atomic E-state index is 12.3. The topological polar surface area (TPSA) is 66.5 Å². The largest absolute Gasteiger partial charge is 0.355 e. The zero-order chi connectivity index (χ0) is 20.7. The minimum atomic E-state index is -3.55. The molecular formula is C22H30N2O3S. The molecule has 1 amide bonds. The Labute approximate surface area is 168 Å². The second-order valence-corrected chi connectivity index (χ2v) is 9.37. The van der Waals surface area contributed by atoms with Gasteiger partial charge in [-0.05, 0) is 48.9 Å². The van der Waals surface area contributed by atoms with E-state index in [0.29, 0.717) is 18.2 Å². The number of amides is 1. The lowest BCUT2D eigenvalue weighted by molar-refractivity contribution is -0.119. The maximum Gasteiger partial charge on any atom is 0.240 e. The molecule has 1 N–H and O–H groups in total. The molecule has 2 rings (SSSR count). The second-order valence-electron chi connectivity index (χ2n) is 7.46. The van der Waals surface area contributed by atoms with Gasteiger partial charge in [0.1, 0.15) is 6.54 Å². The van der Waals surface area contributed by atoms with Crippen molar-refractivity contribution in [3.8, 4) is 0 Å². The molecular weight excluding hydrogens is 372 g/mol. The summed E-state index contributed by atoms with van der Waals surface area (Å²) in [5.41, 5.74) is 4.07. The molecule has 2 aromatic carbocycles. The van der Waals surface area contributed by atoms with Crippen molar-refractivity contribution in [2.45, 2.75) is 39.5 Å². The number of carbonyl (C=O) groups excluding carboxylic acids is 1. The van der Waals surface area contributed by atoms with Crippen LogP contribution in [-0.4, -0.2) is 33.7 Å². The minimum absolute atomic E-state index is 0.218. The highest BCUT2D eigenvalue weighted by molar-refractivity contribution is 7.92. The van der Waals surface area contributed by atoms with Gasteiger partial charge in [0, 0.05) is 6.54 Å². The fourth-order valence-electron chi connectivity index (χ4n) is 3.00. The van der Waals surface area contributed by atoms with Crippen molar-refractivity contribution in [3.05, 3.63) is 65.2 Å². The van der Waals surface area contributed by atoms with E-state index in [9.17, 15) is 13.2 Å². The first-order chi connectivity index (χ1) is 13.2. The molecule has 0 radical (unpaired) electrons. The predicted octanol–water partition coefficient (Wildman–Crippen LogP) is 3.63. The van der Waals surface area contributed by atoms with Crippen LogP contribution in [0.4, 0.5) is 5.69 Å². The third-order valence-corrected chi connectivity index (χ3v) is 5.72. The van der Waals surface area contributed by atoms with Crippen LogP contribution in [0.2, 0.25) is 0 Å². The number of hydrogen-bond acceptors (Lipinski definition) is 3. The molecule has 5 nitrogen and oxygen atoms in total. The zero-order valence-corrected chi connectivity index (χ0v) is 17.9. The minimum Gasteiger partial charge on any atom is -0.355 e. The van der Waals surface area contributed by atoms with Gasteiger partial charge in [-0.2, -0.15) is 0 Å². The Balaban J connectivity index is 1.92. The Morgan fingerprint density at radius 3 is 2.36 bits per heavy atom. The van der Waals surface area contributed by atoms with Crippen LogP contribution >= 0.6 is 0 Å². The van der Waals surface area contributed by atoms with Crippen molar-refractivity contribution in [2.75, 3.05) is 23.7 Å². The summed E-state index contributed by atoms with van der Waals surface area (Å²) >= 11 is 0. The number of benzene rings is 2. The first-order valence-electron chi connectivity index (χ1n) is 9.56. The van der Waals surface area contributed by atoms with Crippen molar-refractivity contribution in [1.29, 1.82) is 0 Å². The fraction of sp³-hybridized carbons (Fsp3) is 0.409. The number of aryl methyl sites for hydroxylation is 2. The quantitative estimate of drug-likeness (QED) is 0.651. The molecule has 0 aliphatic rings. The van der Waals surface area contributed by atoms with Crippen LogP contribution in [0.3, 0.4) is 0 Å². The molecule has 0 fully saturated rings. The lowest BCUT2D eigenvalue weighted by Crippen LogP contribution is -2.40. The van der Waals surface area contributed by atoms with E-state index < -0.39 is 10.0 Å². The monoisotopic (exact) mass is 402 g/mol. The Hall–Kier alpha value is -2.34. The van der Waals surface area contributed by atoms with E-state index in [1.165, 1.54) is 11.1 Å². The van der Waals surface area contributed by atoms with Crippen LogP contribution in [0.1, 0.15) is 42.9 Å². The summed E-state index contributed by atoms with van der Waals surface area (Å²) in [6, 6.07) is 15.6. The molecule has 0 aromatic heterocycles. The highest BCUT2D eigenvalue weighted by Crippen LogP contribution is 2.21. The first-order valence-corrected chi connectivity index (χ1v) is 11.4. The van der Waals surface area contributed by atoms with Crippen LogP contribution in [-0.2, 0) is 21.2 Å². The van der Waals surface area contributed by atoms with Crippen LogP contribution in [0.15, 0.2) is 48.5 Å². The number of nitrogens with one attached hydrogen (secondary N) is 1. The SMILES string of the molecule is Cc1cccc(CCCNC(=O)CN(c2ccc(C(C)C)cc2)S(C)(=O)=O)c1. The van der Waals surface area contributed by atoms with Gasteiger partial charge in [0.15, 0.2) is 0 Å². The van der Waals surface area contributed by atoms with Gasteiger partial charge in [-0.1, -0.05) is 55.8 Å². The van der Waals surface area contributed by atoms with Crippen molar-refractivity contribution in [1.82, 2.24) is 5.32 Å². The van der Waals surface area contributed by atoms with Gasteiger partial charge in [-0.3, -0.25) is 9.10 Å². The number of rotatable bonds is 9. The summed E-state index contributed by atoms with van der Waals surface area (Å²) in [5.74, 6) is 0.0556. The van der Waals surface area contributed by atoms with Crippen molar-refractivity contribution in [2.24, 2.45) is 0 Å². The summed E-state index contributed by atoms with van der Waals surface area (Å²) < 4.78 is 25.5. The normalized spacial score (nSPS) is 11.5. The molecule has 0 aliphatic heterocycles. The summed E-state index contributed by atoms with van der Waals surface area (Å²) in [7, 11) is -3.55. The summed E-state index contributed by atoms with van der Waals surface area (Å²) in [6.45, 7) is 6.50. The van der Waals surface area contributed by atoms with E-state index >= 15 is 0 Å². The van der Waals surface area contributed by atoms with Crippen molar-refractivity contribution in [3.63, 3.8) is 0 Å². The summed E-state index contributed by atoms with van der Waals surface area (Å²) in [5, 5.41) is 2.82. The smallest absolute Gasteiger partial charge is 0.240 e. The molecule has 6 heteroatoms. The van der Waals surface area contributed by atoms with Gasteiger partial charge in [0.2, 0.25) is 15.9 Å². The first kappa shape index (κ1) is 22.0. The van der Waals surface area contributed by atoms with E-state index in [4.69, 9.17) is 0 Å². The Morgan fingerprint density at radius 2 is 1.79 bits per heavy atom. The average molecular weight is 403 g/mol. The molecule has 0 heterocycles. The van der Waals surface area contributed by atoms with Crippen LogP contribution in [0.25, 0.3) is 0 Å². The number of anilines is 1. The Kier molecular flexibility index (Phi) is 7.63. The van der Waals surface area contributed by atoms with Gasteiger partial charge < -0.3 is 5.32 Å². The second kappa shape index (κ2) is 9.73. The lowest BCUT2D eigenvalue weighted by Gasteiger charge is -2.22. The Bertz CT molecular complexity index is 890. The molecule has 0 bridgehead atoms. The zero-order valence-electron chi connectivity index (χ0n) is 17.1. The Morgan fingerprint density at radius 1 is 1.11 bits per heavy atom. The molecule has 0 atom stereocenters. The molecule has 2 aromatic rings. The van der Waals surface area contributed by atoms with Crippen LogP contribution < -0.4 is 9.62 Å². The maximum atomic E-state index is 12.3. The van der Waals surface area contributed by atoms with E-state index in [2.05, 4.69) is 44.3 Å². The van der Waals surface area contributed by atoms with Crippen molar-refractivity contribution < 1.29 is 13.2 Å². The number of sulfonamides is 1. The van der Waals surface area contributed by atoms with Gasteiger partial charge in [-0.15, -0.1) is 0 Å². The van der Waals surface area contributed by atoms with Gasteiger partial charge in [-0.25, -0.2) is 8.42 Å². The molecule has 152 valence electrons. The third kappa shape index (κ3) is 6.68. The van der Waals surface area contributed by atoms with Crippen LogP contribution in [0, 0.1) is 6.92 Å². The van der Waals surface area contributed by atoms with Gasteiger partial charge in [0.05, 0.1) is 11.9 Å². The van der Waals surface area contributed by atoms with Gasteiger partial charge >= 0.3 is 0 Å². The number of nitrogens with zero attached hydrogens (tertiary/aromatic N) is 1. The summed E-state index contributed by atoms with van der Waals surface area (Å²) in [6.07, 6.45) is 2.79. The van der Waals surface area contributed by atoms with E-state index in [1.54, 1.807) is 12.1 Å². The van der Waals surface area contributed by atoms with E-state index in [0.717, 1.165) is 29.0 Å². The number of hydrogen-bond donors (Lipinski definition) is 1. The standard InChI is InChI=1S/C22H30N2O3S/c1-17(2)20-10-12-21(13-11-20)24(28(4,26)27)16-22(25)23-14-6-9-19-8-5-7-18(3)15-19/h5,7-8,10-13,15,17H,6,9,14,16H2,1-4H3,(H,23,25). The highest BCUT2D eigenvalue weighted by atomic mass is 32.2. The van der Waals surface area contributed by atoms with E-state index in [1.807, 2.05) is 18.2 Å². The van der Waals surface area contributed by atoms with Gasteiger partial charge in [0.25, 0.3) is 0 Å². The average Bonchev–Trinajstić information content (AvgIpc) is 2.62. The molecule has 28 heavy (non-hydrogen) atoms. The predicted molar refractivity (Wildman–Crippen MR) is 115 cm³/mol. The van der Waals surface area contributed by atoms with Crippen LogP contribution in [0.5, 0.6) is 0 Å². The number of carbonyl (C=O) groups is 1. The lowest BCUT2D eigenvalue weighted by atomic mass is 10.0. The molecule has 0 saturated carbocycles.